The summed E-state index contributed by atoms with van der Waals surface area (Å²) in [5.41, 5.74) is 5.26. The summed E-state index contributed by atoms with van der Waals surface area (Å²) in [7, 11) is 0. The number of rotatable bonds is 16. The number of hydrogen-bond acceptors (Lipinski definition) is 3. The summed E-state index contributed by atoms with van der Waals surface area (Å²) in [4.78, 5) is 0. The molecular formula is C34H39NO2. The molecule has 0 aliphatic rings. The van der Waals surface area contributed by atoms with Crippen LogP contribution in [0.25, 0.3) is 0 Å². The van der Waals surface area contributed by atoms with Crippen LogP contribution in [-0.2, 0) is 25.8 Å². The summed E-state index contributed by atoms with van der Waals surface area (Å²) in [6.07, 6.45) is 6.21. The van der Waals surface area contributed by atoms with E-state index in [0.717, 1.165) is 63.1 Å². The summed E-state index contributed by atoms with van der Waals surface area (Å²) < 4.78 is 12.4. The van der Waals surface area contributed by atoms with E-state index in [1.54, 1.807) is 0 Å². The molecule has 0 bridgehead atoms. The predicted octanol–water partition coefficient (Wildman–Crippen LogP) is 7.43. The topological polar surface area (TPSA) is 30.5 Å². The summed E-state index contributed by atoms with van der Waals surface area (Å²) in [5, 5.41) is 3.60. The first-order valence-corrected chi connectivity index (χ1v) is 13.6. The number of nitrogens with one attached hydrogen (secondary N) is 1. The number of aryl methyl sites for hydroxylation is 3. The molecule has 0 heterocycles. The normalized spacial score (nSPS) is 10.8. The number of ether oxygens (including phenoxy) is 2. The second-order valence-corrected chi connectivity index (χ2v) is 9.41. The van der Waals surface area contributed by atoms with E-state index in [2.05, 4.69) is 115 Å². The van der Waals surface area contributed by atoms with Crippen LogP contribution < -0.4 is 14.8 Å². The monoisotopic (exact) mass is 493 g/mol. The van der Waals surface area contributed by atoms with E-state index in [1.165, 1.54) is 22.3 Å². The molecule has 0 atom stereocenters. The lowest BCUT2D eigenvalue weighted by Gasteiger charge is -2.15. The maximum Gasteiger partial charge on any atom is 0.127 e. The SMILES string of the molecule is c1ccc(CCCNCc2ccc(OCCCc3ccccc3)cc2OCCCc2ccccc2)cc1. The van der Waals surface area contributed by atoms with Crippen molar-refractivity contribution in [1.82, 2.24) is 5.32 Å². The van der Waals surface area contributed by atoms with Crippen molar-refractivity contribution in [3.05, 3.63) is 131 Å². The van der Waals surface area contributed by atoms with Crippen LogP contribution in [-0.4, -0.2) is 19.8 Å². The minimum Gasteiger partial charge on any atom is -0.493 e. The minimum atomic E-state index is 0.688. The summed E-state index contributed by atoms with van der Waals surface area (Å²) in [5.74, 6) is 1.79. The molecule has 4 aromatic carbocycles. The van der Waals surface area contributed by atoms with Crippen LogP contribution in [0.4, 0.5) is 0 Å². The Kier molecular flexibility index (Phi) is 11.1. The fourth-order valence-electron chi connectivity index (χ4n) is 4.40. The highest BCUT2D eigenvalue weighted by molar-refractivity contribution is 5.41. The Morgan fingerprint density at radius 1 is 0.514 bits per heavy atom. The van der Waals surface area contributed by atoms with Gasteiger partial charge in [0.15, 0.2) is 0 Å². The van der Waals surface area contributed by atoms with Crippen molar-refractivity contribution < 1.29 is 9.47 Å². The van der Waals surface area contributed by atoms with Crippen molar-refractivity contribution in [2.45, 2.75) is 45.1 Å². The third-order valence-electron chi connectivity index (χ3n) is 6.45. The van der Waals surface area contributed by atoms with Crippen LogP contribution in [0.5, 0.6) is 11.5 Å². The zero-order chi connectivity index (χ0) is 25.4. The Morgan fingerprint density at radius 2 is 1.03 bits per heavy atom. The summed E-state index contributed by atoms with van der Waals surface area (Å²) in [6, 6.07) is 38.1. The lowest BCUT2D eigenvalue weighted by atomic mass is 10.1. The van der Waals surface area contributed by atoms with Crippen LogP contribution in [0.2, 0.25) is 0 Å². The molecule has 0 saturated heterocycles. The molecule has 192 valence electrons. The average Bonchev–Trinajstić information content (AvgIpc) is 2.96. The van der Waals surface area contributed by atoms with Gasteiger partial charge < -0.3 is 14.8 Å². The zero-order valence-corrected chi connectivity index (χ0v) is 21.8. The number of hydrogen-bond donors (Lipinski definition) is 1. The molecule has 0 aliphatic carbocycles. The molecule has 0 amide bonds. The molecule has 4 rings (SSSR count). The summed E-state index contributed by atoms with van der Waals surface area (Å²) in [6.45, 7) is 3.14. The van der Waals surface area contributed by atoms with E-state index in [4.69, 9.17) is 9.47 Å². The quantitative estimate of drug-likeness (QED) is 0.165. The second kappa shape index (κ2) is 15.5. The standard InChI is InChI=1S/C34H39NO2/c1-4-13-29(14-5-1)19-10-24-35-28-32-22-23-33(36-25-11-20-30-15-6-2-7-16-30)27-34(32)37-26-12-21-31-17-8-3-9-18-31/h1-9,13-18,22-23,27,35H,10-12,19-21,24-26,28H2. The van der Waals surface area contributed by atoms with Gasteiger partial charge in [-0.05, 0) is 67.8 Å². The highest BCUT2D eigenvalue weighted by Crippen LogP contribution is 2.26. The Labute approximate surface area is 222 Å². The molecule has 0 spiro atoms. The van der Waals surface area contributed by atoms with Gasteiger partial charge in [-0.15, -0.1) is 0 Å². The van der Waals surface area contributed by atoms with Crippen molar-refractivity contribution in [1.29, 1.82) is 0 Å². The first kappa shape index (κ1) is 26.5. The van der Waals surface area contributed by atoms with Crippen LogP contribution in [0.1, 0.15) is 41.5 Å². The van der Waals surface area contributed by atoms with Gasteiger partial charge >= 0.3 is 0 Å². The molecule has 4 aromatic rings. The predicted molar refractivity (Wildman–Crippen MR) is 153 cm³/mol. The molecule has 1 N–H and O–H groups in total. The smallest absolute Gasteiger partial charge is 0.127 e. The van der Waals surface area contributed by atoms with Crippen LogP contribution in [0, 0.1) is 0 Å². The third kappa shape index (κ3) is 9.78. The van der Waals surface area contributed by atoms with Gasteiger partial charge in [0.05, 0.1) is 13.2 Å². The minimum absolute atomic E-state index is 0.688. The lowest BCUT2D eigenvalue weighted by Crippen LogP contribution is -2.16. The molecule has 3 heteroatoms. The van der Waals surface area contributed by atoms with Gasteiger partial charge in [0.25, 0.3) is 0 Å². The van der Waals surface area contributed by atoms with E-state index in [1.807, 2.05) is 0 Å². The van der Waals surface area contributed by atoms with Gasteiger partial charge in [-0.3, -0.25) is 0 Å². The van der Waals surface area contributed by atoms with E-state index in [9.17, 15) is 0 Å². The van der Waals surface area contributed by atoms with Crippen molar-refractivity contribution in [3.8, 4) is 11.5 Å². The molecular weight excluding hydrogens is 454 g/mol. The molecule has 0 fully saturated rings. The third-order valence-corrected chi connectivity index (χ3v) is 6.45. The summed E-state index contributed by atoms with van der Waals surface area (Å²) >= 11 is 0. The molecule has 0 aliphatic heterocycles. The Bertz CT molecular complexity index is 1150. The zero-order valence-electron chi connectivity index (χ0n) is 21.8. The van der Waals surface area contributed by atoms with E-state index in [-0.39, 0.29) is 0 Å². The van der Waals surface area contributed by atoms with Crippen molar-refractivity contribution in [3.63, 3.8) is 0 Å². The van der Waals surface area contributed by atoms with Gasteiger partial charge in [0, 0.05) is 18.2 Å². The Balaban J connectivity index is 1.27. The van der Waals surface area contributed by atoms with Gasteiger partial charge in [-0.2, -0.15) is 0 Å². The van der Waals surface area contributed by atoms with Crippen LogP contribution >= 0.6 is 0 Å². The highest BCUT2D eigenvalue weighted by atomic mass is 16.5. The van der Waals surface area contributed by atoms with Crippen LogP contribution in [0.3, 0.4) is 0 Å². The second-order valence-electron chi connectivity index (χ2n) is 9.41. The number of benzene rings is 4. The fourth-order valence-corrected chi connectivity index (χ4v) is 4.40. The van der Waals surface area contributed by atoms with Crippen molar-refractivity contribution in [2.75, 3.05) is 19.8 Å². The highest BCUT2D eigenvalue weighted by Gasteiger charge is 2.07. The first-order valence-electron chi connectivity index (χ1n) is 13.6. The van der Waals surface area contributed by atoms with Gasteiger partial charge in [-0.25, -0.2) is 0 Å². The molecule has 0 radical (unpaired) electrons. The van der Waals surface area contributed by atoms with E-state index in [0.29, 0.717) is 13.2 Å². The van der Waals surface area contributed by atoms with E-state index < -0.39 is 0 Å². The molecule has 0 unspecified atom stereocenters. The lowest BCUT2D eigenvalue weighted by molar-refractivity contribution is 0.293. The molecule has 0 saturated carbocycles. The molecule has 37 heavy (non-hydrogen) atoms. The van der Waals surface area contributed by atoms with Crippen LogP contribution in [0.15, 0.2) is 109 Å². The largest absolute Gasteiger partial charge is 0.493 e. The van der Waals surface area contributed by atoms with Gasteiger partial charge in [0.1, 0.15) is 11.5 Å². The van der Waals surface area contributed by atoms with Crippen molar-refractivity contribution in [2.24, 2.45) is 0 Å². The van der Waals surface area contributed by atoms with Crippen molar-refractivity contribution >= 4 is 0 Å². The maximum absolute atomic E-state index is 6.28. The van der Waals surface area contributed by atoms with E-state index >= 15 is 0 Å². The van der Waals surface area contributed by atoms with Gasteiger partial charge in [0.2, 0.25) is 0 Å². The fraction of sp³-hybridized carbons (Fsp3) is 0.294. The molecule has 3 nitrogen and oxygen atoms in total. The molecule has 0 aromatic heterocycles. The Morgan fingerprint density at radius 3 is 1.59 bits per heavy atom. The average molecular weight is 494 g/mol. The van der Waals surface area contributed by atoms with Gasteiger partial charge in [-0.1, -0.05) is 97.1 Å². The first-order chi connectivity index (χ1) is 18.4. The maximum atomic E-state index is 6.28. The Hall–Kier alpha value is -3.56.